The molecule has 7 nitrogen and oxygen atoms in total. The SMILES string of the molecule is O.O.O.O=C(O)CCC(=O)O.[NaH].[NaH]. The van der Waals surface area contributed by atoms with Gasteiger partial charge in [0, 0.05) is 0 Å². The molecule has 0 aliphatic carbocycles. The zero-order chi connectivity index (χ0) is 6.57. The zero-order valence-electron chi connectivity index (χ0n) is 5.63. The van der Waals surface area contributed by atoms with Crippen LogP contribution in [0.5, 0.6) is 0 Å². The van der Waals surface area contributed by atoms with E-state index >= 15 is 0 Å². The van der Waals surface area contributed by atoms with Crippen molar-refractivity contribution in [2.75, 3.05) is 0 Å². The van der Waals surface area contributed by atoms with Crippen LogP contribution in [0.3, 0.4) is 0 Å². The molecule has 0 heterocycles. The van der Waals surface area contributed by atoms with Crippen LogP contribution in [0.2, 0.25) is 0 Å². The third-order valence-electron chi connectivity index (χ3n) is 0.553. The molecule has 0 unspecified atom stereocenters. The van der Waals surface area contributed by atoms with Crippen LogP contribution in [0.15, 0.2) is 0 Å². The second-order valence-electron chi connectivity index (χ2n) is 1.29. The Morgan fingerprint density at radius 3 is 1.00 bits per heavy atom. The quantitative estimate of drug-likeness (QED) is 0.464. The van der Waals surface area contributed by atoms with Gasteiger partial charge in [0.25, 0.3) is 0 Å². The zero-order valence-corrected chi connectivity index (χ0v) is 5.63. The number of aliphatic carboxylic acids is 2. The Kier molecular flexibility index (Phi) is 65.8. The molecule has 13 heavy (non-hydrogen) atoms. The van der Waals surface area contributed by atoms with E-state index in [-0.39, 0.29) is 88.4 Å². The molecule has 0 rings (SSSR count). The number of rotatable bonds is 3. The molecule has 0 amide bonds. The molecule has 0 saturated carbocycles. The average Bonchev–Trinajstić information content (AvgIpc) is 1.61. The van der Waals surface area contributed by atoms with E-state index in [4.69, 9.17) is 10.2 Å². The van der Waals surface area contributed by atoms with Gasteiger partial charge >= 0.3 is 71.1 Å². The van der Waals surface area contributed by atoms with Gasteiger partial charge in [-0.05, 0) is 0 Å². The Balaban J connectivity index is -0.0000000245. The fourth-order valence-corrected chi connectivity index (χ4v) is 0.214. The van der Waals surface area contributed by atoms with Crippen LogP contribution in [0.25, 0.3) is 0 Å². The van der Waals surface area contributed by atoms with E-state index in [1.54, 1.807) is 0 Å². The number of carbonyl (C=O) groups is 2. The summed E-state index contributed by atoms with van der Waals surface area (Å²) in [5.41, 5.74) is 0. The van der Waals surface area contributed by atoms with Gasteiger partial charge in [-0.3, -0.25) is 9.59 Å². The van der Waals surface area contributed by atoms with Crippen LogP contribution >= 0.6 is 0 Å². The van der Waals surface area contributed by atoms with Gasteiger partial charge in [-0.15, -0.1) is 0 Å². The summed E-state index contributed by atoms with van der Waals surface area (Å²) in [6, 6.07) is 0. The monoisotopic (exact) mass is 220 g/mol. The van der Waals surface area contributed by atoms with E-state index < -0.39 is 11.9 Å². The molecule has 0 bridgehead atoms. The van der Waals surface area contributed by atoms with Crippen molar-refractivity contribution >= 4 is 71.1 Å². The third-order valence-corrected chi connectivity index (χ3v) is 0.553. The predicted octanol–water partition coefficient (Wildman–Crippen LogP) is -3.84. The fraction of sp³-hybridized carbons (Fsp3) is 0.500. The summed E-state index contributed by atoms with van der Waals surface area (Å²) in [5, 5.41) is 15.8. The van der Waals surface area contributed by atoms with Crippen LogP contribution in [-0.4, -0.2) is 97.7 Å². The van der Waals surface area contributed by atoms with Gasteiger partial charge in [0.2, 0.25) is 0 Å². The Bertz CT molecular complexity index is 103. The Morgan fingerprint density at radius 1 is 0.769 bits per heavy atom. The van der Waals surface area contributed by atoms with Crippen molar-refractivity contribution < 1.29 is 36.2 Å². The van der Waals surface area contributed by atoms with Crippen LogP contribution < -0.4 is 0 Å². The third kappa shape index (κ3) is 44.3. The topological polar surface area (TPSA) is 169 Å². The number of hydrogen-bond donors (Lipinski definition) is 2. The number of carboxylic acid groups (broad SMARTS) is 2. The molecule has 9 heteroatoms. The van der Waals surface area contributed by atoms with E-state index in [1.807, 2.05) is 0 Å². The molecule has 0 aliphatic heterocycles. The van der Waals surface area contributed by atoms with Gasteiger partial charge in [0.1, 0.15) is 0 Å². The maximum absolute atomic E-state index is 9.64. The van der Waals surface area contributed by atoms with Crippen LogP contribution in [0.4, 0.5) is 0 Å². The predicted molar refractivity (Wildman–Crippen MR) is 49.6 cm³/mol. The van der Waals surface area contributed by atoms with Crippen LogP contribution in [0.1, 0.15) is 12.8 Å². The van der Waals surface area contributed by atoms with Gasteiger partial charge < -0.3 is 26.6 Å². The molecule has 0 aromatic heterocycles. The molecule has 8 N–H and O–H groups in total. The van der Waals surface area contributed by atoms with Crippen LogP contribution in [0, 0.1) is 0 Å². The first-order valence-electron chi connectivity index (χ1n) is 2.06. The summed E-state index contributed by atoms with van der Waals surface area (Å²) in [6.07, 6.45) is -0.593. The molecule has 0 atom stereocenters. The van der Waals surface area contributed by atoms with Gasteiger partial charge in [-0.25, -0.2) is 0 Å². The fourth-order valence-electron chi connectivity index (χ4n) is 0.214. The molecule has 0 radical (unpaired) electrons. The first-order chi connectivity index (χ1) is 3.63. The summed E-state index contributed by atoms with van der Waals surface area (Å²) in [7, 11) is 0. The molecule has 0 aromatic rings. The van der Waals surface area contributed by atoms with E-state index in [0.29, 0.717) is 0 Å². The maximum atomic E-state index is 9.64. The summed E-state index contributed by atoms with van der Waals surface area (Å²) in [4.78, 5) is 19.3. The first-order valence-corrected chi connectivity index (χ1v) is 2.06. The van der Waals surface area contributed by atoms with E-state index in [1.165, 1.54) is 0 Å². The summed E-state index contributed by atoms with van der Waals surface area (Å²) >= 11 is 0. The van der Waals surface area contributed by atoms with Gasteiger partial charge in [-0.2, -0.15) is 0 Å². The van der Waals surface area contributed by atoms with E-state index in [2.05, 4.69) is 0 Å². The van der Waals surface area contributed by atoms with E-state index in [9.17, 15) is 9.59 Å². The molecule has 0 fully saturated rings. The summed E-state index contributed by atoms with van der Waals surface area (Å²) < 4.78 is 0. The molecule has 0 aliphatic rings. The molecule has 0 aromatic carbocycles. The van der Waals surface area contributed by atoms with E-state index in [0.717, 1.165) is 0 Å². The summed E-state index contributed by atoms with van der Waals surface area (Å²) in [6.45, 7) is 0. The van der Waals surface area contributed by atoms with Crippen molar-refractivity contribution in [3.05, 3.63) is 0 Å². The second-order valence-corrected chi connectivity index (χ2v) is 1.29. The van der Waals surface area contributed by atoms with Crippen molar-refractivity contribution in [2.24, 2.45) is 0 Å². The molecule has 0 spiro atoms. The first kappa shape index (κ1) is 37.1. The minimum absolute atomic E-state index is 0. The van der Waals surface area contributed by atoms with Gasteiger partial charge in [0.15, 0.2) is 0 Å². The average molecular weight is 220 g/mol. The second kappa shape index (κ2) is 23.0. The van der Waals surface area contributed by atoms with Crippen LogP contribution in [-0.2, 0) is 9.59 Å². The van der Waals surface area contributed by atoms with Crippen molar-refractivity contribution in [1.82, 2.24) is 0 Å². The van der Waals surface area contributed by atoms with Crippen molar-refractivity contribution in [1.29, 1.82) is 0 Å². The van der Waals surface area contributed by atoms with Gasteiger partial charge in [0.05, 0.1) is 12.8 Å². The standard InChI is InChI=1S/C4H6O4.2Na.3H2O.2H/c5-3(6)1-2-4(7)8;;;;;;;/h1-2H2,(H,5,6)(H,7,8);;;3*1H2;;. The number of carboxylic acids is 2. The van der Waals surface area contributed by atoms with Crippen molar-refractivity contribution in [3.8, 4) is 0 Å². The molecular formula is C4H14Na2O7. The molecular weight excluding hydrogens is 206 g/mol. The van der Waals surface area contributed by atoms with Crippen molar-refractivity contribution in [2.45, 2.75) is 12.8 Å². The summed E-state index contributed by atoms with van der Waals surface area (Å²) in [5.74, 6) is -2.15. The normalized spacial score (nSPS) is 5.23. The Morgan fingerprint density at radius 2 is 0.923 bits per heavy atom. The molecule has 0 saturated heterocycles. The Hall–Kier alpha value is 0.820. The minimum atomic E-state index is -1.08. The van der Waals surface area contributed by atoms with Crippen molar-refractivity contribution in [3.63, 3.8) is 0 Å². The number of hydrogen-bond acceptors (Lipinski definition) is 2. The Labute approximate surface area is 119 Å². The molecule has 74 valence electrons. The van der Waals surface area contributed by atoms with Gasteiger partial charge in [-0.1, -0.05) is 0 Å².